The van der Waals surface area contributed by atoms with Crippen LogP contribution in [0.15, 0.2) is 43.4 Å². The monoisotopic (exact) mass is 496 g/mol. The second kappa shape index (κ2) is 9.58. The van der Waals surface area contributed by atoms with E-state index in [0.29, 0.717) is 34.7 Å². The Hall–Kier alpha value is -2.58. The molecular formula is C26H28N2O4S2. The highest BCUT2D eigenvalue weighted by Gasteiger charge is 2.22. The number of fused-ring (bicyclic) bond motifs is 4. The van der Waals surface area contributed by atoms with Gasteiger partial charge in [-0.05, 0) is 61.3 Å². The summed E-state index contributed by atoms with van der Waals surface area (Å²) in [6.07, 6.45) is 5.23. The van der Waals surface area contributed by atoms with Crippen LogP contribution < -0.4 is 15.9 Å². The zero-order valence-electron chi connectivity index (χ0n) is 19.7. The summed E-state index contributed by atoms with van der Waals surface area (Å²) >= 11 is 3.18. The van der Waals surface area contributed by atoms with Crippen molar-refractivity contribution in [1.82, 2.24) is 9.55 Å². The molecule has 0 aliphatic heterocycles. The number of hydrogen-bond acceptors (Lipinski definition) is 7. The predicted octanol–water partition coefficient (Wildman–Crippen LogP) is 5.79. The molecule has 8 heteroatoms. The summed E-state index contributed by atoms with van der Waals surface area (Å²) in [6.45, 7) is 4.97. The van der Waals surface area contributed by atoms with Gasteiger partial charge in [0.25, 0.3) is 5.56 Å². The number of benzene rings is 1. The average molecular weight is 497 g/mol. The van der Waals surface area contributed by atoms with Crippen LogP contribution in [0.2, 0.25) is 0 Å². The highest BCUT2D eigenvalue weighted by atomic mass is 32.2. The molecule has 0 bridgehead atoms. The van der Waals surface area contributed by atoms with Gasteiger partial charge in [-0.15, -0.1) is 11.3 Å². The molecular weight excluding hydrogens is 468 g/mol. The normalized spacial score (nSPS) is 13.6. The topological polar surface area (TPSA) is 74.3 Å². The number of aromatic nitrogens is 2. The Morgan fingerprint density at radius 2 is 2.03 bits per heavy atom. The molecule has 0 spiro atoms. The molecule has 0 fully saturated rings. The van der Waals surface area contributed by atoms with E-state index in [-0.39, 0.29) is 5.56 Å². The van der Waals surface area contributed by atoms with Crippen molar-refractivity contribution < 1.29 is 9.15 Å². The Kier molecular flexibility index (Phi) is 6.53. The predicted molar refractivity (Wildman–Crippen MR) is 139 cm³/mol. The highest BCUT2D eigenvalue weighted by molar-refractivity contribution is 7.98. The van der Waals surface area contributed by atoms with Gasteiger partial charge in [-0.2, -0.15) is 0 Å². The van der Waals surface area contributed by atoms with E-state index in [4.69, 9.17) is 14.1 Å². The van der Waals surface area contributed by atoms with Crippen LogP contribution in [0, 0.1) is 5.92 Å². The molecule has 178 valence electrons. The summed E-state index contributed by atoms with van der Waals surface area (Å²) in [5.74, 6) is 1.63. The van der Waals surface area contributed by atoms with Crippen LogP contribution in [0.4, 0.5) is 0 Å². The minimum absolute atomic E-state index is 0.0784. The van der Waals surface area contributed by atoms with E-state index < -0.39 is 5.63 Å². The summed E-state index contributed by atoms with van der Waals surface area (Å²) in [6, 6.07) is 7.02. The zero-order valence-corrected chi connectivity index (χ0v) is 21.3. The summed E-state index contributed by atoms with van der Waals surface area (Å²) in [7, 11) is 1.58. The fraction of sp³-hybridized carbons (Fsp3) is 0.423. The van der Waals surface area contributed by atoms with E-state index in [0.717, 1.165) is 46.8 Å². The summed E-state index contributed by atoms with van der Waals surface area (Å²) in [4.78, 5) is 33.1. The first-order valence-electron chi connectivity index (χ1n) is 11.7. The number of thioether (sulfide) groups is 1. The Bertz CT molecular complexity index is 1480. The van der Waals surface area contributed by atoms with Crippen molar-refractivity contribution in [3.8, 4) is 5.75 Å². The van der Waals surface area contributed by atoms with Gasteiger partial charge in [-0.3, -0.25) is 9.36 Å². The summed E-state index contributed by atoms with van der Waals surface area (Å²) in [5.41, 5.74) is 2.25. The van der Waals surface area contributed by atoms with Gasteiger partial charge in [0.15, 0.2) is 5.16 Å². The third kappa shape index (κ3) is 4.41. The molecule has 0 radical (unpaired) electrons. The lowest BCUT2D eigenvalue weighted by atomic mass is 9.97. The Morgan fingerprint density at radius 1 is 1.21 bits per heavy atom. The molecule has 4 aromatic rings. The number of aryl methyl sites for hydroxylation is 2. The van der Waals surface area contributed by atoms with Gasteiger partial charge in [0.1, 0.15) is 16.2 Å². The van der Waals surface area contributed by atoms with Gasteiger partial charge in [0.05, 0.1) is 12.5 Å². The first-order chi connectivity index (χ1) is 16.4. The molecule has 1 aliphatic carbocycles. The van der Waals surface area contributed by atoms with Crippen molar-refractivity contribution in [3.63, 3.8) is 0 Å². The Balaban J connectivity index is 1.56. The average Bonchev–Trinajstić information content (AvgIpc) is 3.19. The number of ether oxygens (including phenoxy) is 1. The Morgan fingerprint density at radius 3 is 2.82 bits per heavy atom. The van der Waals surface area contributed by atoms with Crippen LogP contribution >= 0.6 is 23.1 Å². The lowest BCUT2D eigenvalue weighted by molar-refractivity contribution is 0.414. The van der Waals surface area contributed by atoms with Gasteiger partial charge < -0.3 is 9.15 Å². The molecule has 1 aliphatic rings. The molecule has 1 aromatic carbocycles. The summed E-state index contributed by atoms with van der Waals surface area (Å²) in [5, 5.41) is 2.40. The molecule has 0 saturated carbocycles. The van der Waals surface area contributed by atoms with Crippen molar-refractivity contribution in [2.75, 3.05) is 7.11 Å². The molecule has 0 atom stereocenters. The molecule has 6 nitrogen and oxygen atoms in total. The van der Waals surface area contributed by atoms with Crippen LogP contribution in [0.3, 0.4) is 0 Å². The fourth-order valence-electron chi connectivity index (χ4n) is 4.51. The fourth-order valence-corrected chi connectivity index (χ4v) is 6.83. The lowest BCUT2D eigenvalue weighted by Gasteiger charge is -2.15. The van der Waals surface area contributed by atoms with Crippen molar-refractivity contribution in [2.24, 2.45) is 5.92 Å². The third-order valence-electron chi connectivity index (χ3n) is 6.36. The minimum atomic E-state index is -0.400. The van der Waals surface area contributed by atoms with Gasteiger partial charge in [-0.25, -0.2) is 9.78 Å². The second-order valence-electron chi connectivity index (χ2n) is 9.17. The lowest BCUT2D eigenvalue weighted by Crippen LogP contribution is -2.24. The number of nitrogens with zero attached hydrogens (tertiary/aromatic N) is 2. The SMILES string of the molecule is COc1ccc2c(CSc3nc4sc5c(c4c(=O)n3CCC(C)C)CCCC5)cc(=O)oc2c1. The highest BCUT2D eigenvalue weighted by Crippen LogP contribution is 2.35. The van der Waals surface area contributed by atoms with E-state index in [1.54, 1.807) is 24.5 Å². The molecule has 3 heterocycles. The molecule has 5 rings (SSSR count). The van der Waals surface area contributed by atoms with Gasteiger partial charge >= 0.3 is 5.63 Å². The first kappa shape index (κ1) is 23.2. The number of thiophene rings is 1. The van der Waals surface area contributed by atoms with E-state index in [1.807, 2.05) is 16.7 Å². The van der Waals surface area contributed by atoms with Gasteiger partial charge in [0, 0.05) is 34.7 Å². The van der Waals surface area contributed by atoms with Crippen LogP contribution in [-0.4, -0.2) is 16.7 Å². The number of hydrogen-bond donors (Lipinski definition) is 0. The van der Waals surface area contributed by atoms with E-state index in [1.165, 1.54) is 34.7 Å². The quantitative estimate of drug-likeness (QED) is 0.183. The second-order valence-corrected chi connectivity index (χ2v) is 11.2. The van der Waals surface area contributed by atoms with E-state index in [2.05, 4.69) is 13.8 Å². The molecule has 0 unspecified atom stereocenters. The first-order valence-corrected chi connectivity index (χ1v) is 13.5. The van der Waals surface area contributed by atoms with Crippen molar-refractivity contribution in [2.45, 2.75) is 63.4 Å². The smallest absolute Gasteiger partial charge is 0.336 e. The van der Waals surface area contributed by atoms with Crippen molar-refractivity contribution in [1.29, 1.82) is 0 Å². The zero-order chi connectivity index (χ0) is 23.8. The van der Waals surface area contributed by atoms with Gasteiger partial charge in [-0.1, -0.05) is 25.6 Å². The minimum Gasteiger partial charge on any atom is -0.497 e. The molecule has 0 saturated heterocycles. The van der Waals surface area contributed by atoms with Gasteiger partial charge in [0.2, 0.25) is 0 Å². The molecule has 3 aromatic heterocycles. The molecule has 34 heavy (non-hydrogen) atoms. The van der Waals surface area contributed by atoms with Crippen LogP contribution in [-0.2, 0) is 25.1 Å². The summed E-state index contributed by atoms with van der Waals surface area (Å²) < 4.78 is 12.5. The maximum atomic E-state index is 13.7. The van der Waals surface area contributed by atoms with E-state index in [9.17, 15) is 9.59 Å². The van der Waals surface area contributed by atoms with Crippen molar-refractivity contribution >= 4 is 44.3 Å². The standard InChI is InChI=1S/C26H28N2O4S2/c1-15(2)10-11-28-25(30)23-19-6-4-5-7-21(19)34-24(23)27-26(28)33-14-16-12-22(29)32-20-13-17(31-3)8-9-18(16)20/h8-9,12-13,15H,4-7,10-11,14H2,1-3H3. The van der Waals surface area contributed by atoms with Crippen LogP contribution in [0.1, 0.15) is 49.1 Å². The molecule has 0 N–H and O–H groups in total. The number of methoxy groups -OCH3 is 1. The van der Waals surface area contributed by atoms with Crippen molar-refractivity contribution in [3.05, 3.63) is 61.0 Å². The maximum absolute atomic E-state index is 13.7. The van der Waals surface area contributed by atoms with E-state index >= 15 is 0 Å². The molecule has 0 amide bonds. The Labute approximate surface area is 206 Å². The number of rotatable bonds is 7. The largest absolute Gasteiger partial charge is 0.497 e. The third-order valence-corrected chi connectivity index (χ3v) is 8.57. The maximum Gasteiger partial charge on any atom is 0.336 e. The van der Waals surface area contributed by atoms with Crippen LogP contribution in [0.5, 0.6) is 5.75 Å². The van der Waals surface area contributed by atoms with Crippen LogP contribution in [0.25, 0.3) is 21.2 Å².